The van der Waals surface area contributed by atoms with Crippen LogP contribution in [0, 0.1) is 5.82 Å². The van der Waals surface area contributed by atoms with E-state index in [4.69, 9.17) is 5.14 Å². The normalized spacial score (nSPS) is 11.3. The van der Waals surface area contributed by atoms with Gasteiger partial charge in [0, 0.05) is 11.0 Å². The van der Waals surface area contributed by atoms with E-state index < -0.39 is 21.7 Å². The summed E-state index contributed by atoms with van der Waals surface area (Å²) in [4.78, 5) is 12.0. The van der Waals surface area contributed by atoms with Gasteiger partial charge in [-0.15, -0.1) is 0 Å². The Labute approximate surface area is 141 Å². The quantitative estimate of drug-likeness (QED) is 0.805. The Morgan fingerprint density at radius 2 is 1.83 bits per heavy atom. The van der Waals surface area contributed by atoms with Crippen LogP contribution in [0.4, 0.5) is 4.39 Å². The van der Waals surface area contributed by atoms with Crippen LogP contribution in [-0.4, -0.2) is 20.9 Å². The van der Waals surface area contributed by atoms with E-state index in [2.05, 4.69) is 21.2 Å². The highest BCUT2D eigenvalue weighted by atomic mass is 79.9. The van der Waals surface area contributed by atoms with Gasteiger partial charge in [0.25, 0.3) is 5.91 Å². The molecule has 0 aliphatic rings. The van der Waals surface area contributed by atoms with E-state index in [0.717, 1.165) is 5.56 Å². The highest BCUT2D eigenvalue weighted by Crippen LogP contribution is 2.15. The molecule has 0 fully saturated rings. The summed E-state index contributed by atoms with van der Waals surface area (Å²) in [5.41, 5.74) is 0.788. The van der Waals surface area contributed by atoms with Crippen LogP contribution >= 0.6 is 15.9 Å². The summed E-state index contributed by atoms with van der Waals surface area (Å²) in [7, 11) is -3.71. The number of hydrogen-bond acceptors (Lipinski definition) is 3. The first-order valence-corrected chi connectivity index (χ1v) is 8.96. The molecule has 2 rings (SSSR count). The maximum Gasteiger partial charge on any atom is 0.254 e. The molecule has 122 valence electrons. The number of benzene rings is 2. The summed E-state index contributed by atoms with van der Waals surface area (Å²) in [5.74, 6) is -1.10. The number of carbonyl (C=O) groups is 1. The summed E-state index contributed by atoms with van der Waals surface area (Å²) in [6, 6.07) is 10.2. The zero-order valence-electron chi connectivity index (χ0n) is 11.9. The van der Waals surface area contributed by atoms with Crippen molar-refractivity contribution in [1.82, 2.24) is 5.32 Å². The third-order valence-electron chi connectivity index (χ3n) is 3.12. The molecule has 8 heteroatoms. The molecule has 0 aliphatic heterocycles. The third-order valence-corrected chi connectivity index (χ3v) is 4.55. The Hall–Kier alpha value is -1.77. The van der Waals surface area contributed by atoms with Crippen molar-refractivity contribution in [2.24, 2.45) is 5.14 Å². The average molecular weight is 401 g/mol. The van der Waals surface area contributed by atoms with Crippen LogP contribution in [0.5, 0.6) is 0 Å². The summed E-state index contributed by atoms with van der Waals surface area (Å²) < 4.78 is 36.5. The van der Waals surface area contributed by atoms with Crippen LogP contribution in [-0.2, 0) is 16.4 Å². The number of rotatable bonds is 5. The van der Waals surface area contributed by atoms with Gasteiger partial charge in [0.05, 0.1) is 10.5 Å². The molecule has 5 nitrogen and oxygen atoms in total. The molecule has 2 aromatic carbocycles. The van der Waals surface area contributed by atoms with E-state index in [1.54, 1.807) is 12.1 Å². The van der Waals surface area contributed by atoms with E-state index in [0.29, 0.717) is 17.4 Å². The molecule has 0 atom stereocenters. The van der Waals surface area contributed by atoms with Crippen LogP contribution in [0.1, 0.15) is 15.9 Å². The Balaban J connectivity index is 1.94. The van der Waals surface area contributed by atoms with Crippen LogP contribution in [0.15, 0.2) is 51.8 Å². The summed E-state index contributed by atoms with van der Waals surface area (Å²) in [5, 5.41) is 7.63. The van der Waals surface area contributed by atoms with Crippen molar-refractivity contribution in [3.05, 3.63) is 63.9 Å². The lowest BCUT2D eigenvalue weighted by Gasteiger charge is -2.07. The highest BCUT2D eigenvalue weighted by molar-refractivity contribution is 9.10. The fraction of sp³-hybridized carbons (Fsp3) is 0.133. The van der Waals surface area contributed by atoms with Crippen molar-refractivity contribution < 1.29 is 17.6 Å². The average Bonchev–Trinajstić information content (AvgIpc) is 2.49. The zero-order chi connectivity index (χ0) is 17.0. The lowest BCUT2D eigenvalue weighted by molar-refractivity contribution is 0.0950. The highest BCUT2D eigenvalue weighted by Gasteiger charge is 2.12. The second-order valence-corrected chi connectivity index (χ2v) is 7.30. The largest absolute Gasteiger partial charge is 0.352 e. The molecule has 1 amide bonds. The summed E-state index contributed by atoms with van der Waals surface area (Å²) >= 11 is 3.19. The topological polar surface area (TPSA) is 89.3 Å². The first-order valence-electron chi connectivity index (χ1n) is 6.62. The molecule has 0 aliphatic carbocycles. The van der Waals surface area contributed by atoms with E-state index in [1.807, 2.05) is 0 Å². The molecule has 2 aromatic rings. The lowest BCUT2D eigenvalue weighted by Crippen LogP contribution is -2.26. The van der Waals surface area contributed by atoms with E-state index in [9.17, 15) is 17.6 Å². The van der Waals surface area contributed by atoms with Crippen LogP contribution in [0.2, 0.25) is 0 Å². The number of sulfonamides is 1. The first-order chi connectivity index (χ1) is 10.8. The second-order valence-electron chi connectivity index (χ2n) is 4.82. The Bertz CT molecular complexity index is 823. The van der Waals surface area contributed by atoms with Crippen LogP contribution < -0.4 is 10.5 Å². The van der Waals surface area contributed by atoms with E-state index in [-0.39, 0.29) is 10.5 Å². The van der Waals surface area contributed by atoms with Gasteiger partial charge in [0.2, 0.25) is 10.0 Å². The third kappa shape index (κ3) is 4.85. The van der Waals surface area contributed by atoms with E-state index >= 15 is 0 Å². The van der Waals surface area contributed by atoms with Crippen LogP contribution in [0.3, 0.4) is 0 Å². The molecule has 23 heavy (non-hydrogen) atoms. The smallest absolute Gasteiger partial charge is 0.254 e. The Morgan fingerprint density at radius 3 is 2.43 bits per heavy atom. The first kappa shape index (κ1) is 17.6. The summed E-state index contributed by atoms with van der Waals surface area (Å²) in [6.07, 6.45) is 0.478. The van der Waals surface area contributed by atoms with Gasteiger partial charge < -0.3 is 5.32 Å². The summed E-state index contributed by atoms with van der Waals surface area (Å²) in [6.45, 7) is 0.291. The van der Waals surface area contributed by atoms with Crippen molar-refractivity contribution in [1.29, 1.82) is 0 Å². The fourth-order valence-electron chi connectivity index (χ4n) is 1.93. The molecule has 0 aromatic heterocycles. The van der Waals surface area contributed by atoms with Gasteiger partial charge in [-0.25, -0.2) is 17.9 Å². The number of carbonyl (C=O) groups excluding carboxylic acids is 1. The minimum Gasteiger partial charge on any atom is -0.352 e. The SMILES string of the molecule is NS(=O)(=O)c1ccc(CCNC(=O)c2cc(Br)ccc2F)cc1. The molecule has 0 saturated carbocycles. The van der Waals surface area contributed by atoms with Gasteiger partial charge in [0.1, 0.15) is 5.82 Å². The van der Waals surface area contributed by atoms with Gasteiger partial charge in [-0.05, 0) is 42.3 Å². The van der Waals surface area contributed by atoms with Crippen molar-refractivity contribution in [2.75, 3.05) is 6.54 Å². The van der Waals surface area contributed by atoms with Crippen molar-refractivity contribution in [2.45, 2.75) is 11.3 Å². The monoisotopic (exact) mass is 400 g/mol. The minimum atomic E-state index is -3.71. The molecular formula is C15H14BrFN2O3S. The minimum absolute atomic E-state index is 0.0292. The van der Waals surface area contributed by atoms with Crippen molar-refractivity contribution in [3.8, 4) is 0 Å². The number of nitrogens with one attached hydrogen (secondary N) is 1. The predicted molar refractivity (Wildman–Crippen MR) is 88.0 cm³/mol. The van der Waals surface area contributed by atoms with Gasteiger partial charge in [-0.3, -0.25) is 4.79 Å². The maximum atomic E-state index is 13.6. The zero-order valence-corrected chi connectivity index (χ0v) is 14.3. The number of hydrogen-bond donors (Lipinski definition) is 2. The van der Waals surface area contributed by atoms with Gasteiger partial charge >= 0.3 is 0 Å². The van der Waals surface area contributed by atoms with E-state index in [1.165, 1.54) is 30.3 Å². The van der Waals surface area contributed by atoms with Crippen molar-refractivity contribution >= 4 is 31.9 Å². The molecule has 3 N–H and O–H groups in total. The number of halogens is 2. The molecular weight excluding hydrogens is 387 g/mol. The standard InChI is InChI=1S/C15H14BrFN2O3S/c16-11-3-6-14(17)13(9-11)15(20)19-8-7-10-1-4-12(5-2-10)23(18,21)22/h1-6,9H,7-8H2,(H,19,20)(H2,18,21,22). The fourth-order valence-corrected chi connectivity index (χ4v) is 2.81. The molecule has 0 saturated heterocycles. The number of nitrogens with two attached hydrogens (primary N) is 1. The molecule has 0 bridgehead atoms. The Kier molecular flexibility index (Phi) is 5.51. The van der Waals surface area contributed by atoms with Crippen LogP contribution in [0.25, 0.3) is 0 Å². The van der Waals surface area contributed by atoms with Gasteiger partial charge in [-0.1, -0.05) is 28.1 Å². The van der Waals surface area contributed by atoms with Gasteiger partial charge in [-0.2, -0.15) is 0 Å². The van der Waals surface area contributed by atoms with Gasteiger partial charge in [0.15, 0.2) is 0 Å². The lowest BCUT2D eigenvalue weighted by atomic mass is 10.1. The maximum absolute atomic E-state index is 13.6. The number of amides is 1. The molecule has 0 heterocycles. The van der Waals surface area contributed by atoms with Crippen molar-refractivity contribution in [3.63, 3.8) is 0 Å². The Morgan fingerprint density at radius 1 is 1.17 bits per heavy atom. The predicted octanol–water partition coefficient (Wildman–Crippen LogP) is 2.21. The molecule has 0 spiro atoms. The molecule has 0 radical (unpaired) electrons. The second kappa shape index (κ2) is 7.20. The molecule has 0 unspecified atom stereocenters. The number of primary sulfonamides is 1.